The minimum atomic E-state index is -0.238. The number of aryl methyl sites for hydroxylation is 1. The van der Waals surface area contributed by atoms with Crippen LogP contribution in [0.2, 0.25) is 0 Å². The Morgan fingerprint density at radius 1 is 1.04 bits per heavy atom. The Morgan fingerprint density at radius 2 is 1.86 bits per heavy atom. The number of halogens is 1. The number of hydrogen-bond donors (Lipinski definition) is 0. The fourth-order valence-electron chi connectivity index (χ4n) is 4.52. The van der Waals surface area contributed by atoms with Gasteiger partial charge in [-0.3, -0.25) is 0 Å². The highest BCUT2D eigenvalue weighted by molar-refractivity contribution is 5.67. The van der Waals surface area contributed by atoms with Crippen LogP contribution in [-0.2, 0) is 12.8 Å². The third-order valence-electron chi connectivity index (χ3n) is 6.09. The molecule has 5 nitrogen and oxygen atoms in total. The fraction of sp³-hybridized carbons (Fsp3) is 0.455. The van der Waals surface area contributed by atoms with Gasteiger partial charge in [0.15, 0.2) is 5.65 Å². The minimum absolute atomic E-state index is 0.238. The summed E-state index contributed by atoms with van der Waals surface area (Å²) in [6, 6.07) is 8.65. The van der Waals surface area contributed by atoms with Crippen molar-refractivity contribution in [3.63, 3.8) is 0 Å². The Balaban J connectivity index is 1.64. The van der Waals surface area contributed by atoms with Crippen molar-refractivity contribution < 1.29 is 4.39 Å². The van der Waals surface area contributed by atoms with Gasteiger partial charge < -0.3 is 9.80 Å². The van der Waals surface area contributed by atoms with Crippen molar-refractivity contribution in [2.45, 2.75) is 32.6 Å². The predicted octanol–water partition coefficient (Wildman–Crippen LogP) is 3.56. The quantitative estimate of drug-likeness (QED) is 0.697. The average molecular weight is 379 g/mol. The molecule has 28 heavy (non-hydrogen) atoms. The summed E-state index contributed by atoms with van der Waals surface area (Å²) in [6.45, 7) is 7.49. The van der Waals surface area contributed by atoms with E-state index in [1.807, 2.05) is 16.6 Å². The highest BCUT2D eigenvalue weighted by Gasteiger charge is 2.26. The molecule has 3 aromatic rings. The average Bonchev–Trinajstić information content (AvgIpc) is 3.16. The molecule has 2 aliphatic rings. The first-order valence-corrected chi connectivity index (χ1v) is 10.4. The Bertz CT molecular complexity index is 1000. The molecule has 2 aromatic heterocycles. The van der Waals surface area contributed by atoms with Crippen molar-refractivity contribution in [2.24, 2.45) is 0 Å². The van der Waals surface area contributed by atoms with E-state index in [1.165, 1.54) is 36.0 Å². The van der Waals surface area contributed by atoms with Crippen LogP contribution >= 0.6 is 0 Å². The molecule has 146 valence electrons. The summed E-state index contributed by atoms with van der Waals surface area (Å²) in [6.07, 6.45) is 4.51. The molecule has 0 spiro atoms. The van der Waals surface area contributed by atoms with E-state index in [1.54, 1.807) is 12.1 Å². The van der Waals surface area contributed by atoms with E-state index in [0.29, 0.717) is 0 Å². The van der Waals surface area contributed by atoms with Gasteiger partial charge in [0, 0.05) is 49.1 Å². The first-order valence-electron chi connectivity index (χ1n) is 10.4. The van der Waals surface area contributed by atoms with Gasteiger partial charge in [0.25, 0.3) is 0 Å². The molecule has 1 aromatic carbocycles. The molecule has 0 bridgehead atoms. The van der Waals surface area contributed by atoms with E-state index in [2.05, 4.69) is 16.7 Å². The molecule has 0 radical (unpaired) electrons. The third kappa shape index (κ3) is 3.05. The molecule has 6 heteroatoms. The summed E-state index contributed by atoms with van der Waals surface area (Å²) in [5, 5.41) is 4.88. The summed E-state index contributed by atoms with van der Waals surface area (Å²) >= 11 is 0. The minimum Gasteiger partial charge on any atom is -0.354 e. The molecule has 0 amide bonds. The lowest BCUT2D eigenvalue weighted by atomic mass is 9.96. The predicted molar refractivity (Wildman–Crippen MR) is 109 cm³/mol. The highest BCUT2D eigenvalue weighted by Crippen LogP contribution is 2.32. The molecule has 1 aliphatic heterocycles. The van der Waals surface area contributed by atoms with Gasteiger partial charge in [0.1, 0.15) is 11.6 Å². The van der Waals surface area contributed by atoms with Crippen LogP contribution in [0.15, 0.2) is 30.3 Å². The number of aromatic nitrogens is 3. The van der Waals surface area contributed by atoms with Crippen LogP contribution in [0.25, 0.3) is 16.9 Å². The molecule has 5 rings (SSSR count). The van der Waals surface area contributed by atoms with E-state index >= 15 is 0 Å². The van der Waals surface area contributed by atoms with Crippen molar-refractivity contribution in [3.05, 3.63) is 47.4 Å². The van der Waals surface area contributed by atoms with Crippen molar-refractivity contribution in [2.75, 3.05) is 37.6 Å². The summed E-state index contributed by atoms with van der Waals surface area (Å²) in [5.74, 6) is 0.968. The maximum absolute atomic E-state index is 13.7. The van der Waals surface area contributed by atoms with Crippen LogP contribution < -0.4 is 4.90 Å². The molecule has 1 fully saturated rings. The lowest BCUT2D eigenvalue weighted by molar-refractivity contribution is 0.270. The van der Waals surface area contributed by atoms with Crippen molar-refractivity contribution in [1.82, 2.24) is 19.5 Å². The topological polar surface area (TPSA) is 36.7 Å². The number of hydrogen-bond acceptors (Lipinski definition) is 4. The van der Waals surface area contributed by atoms with E-state index in [9.17, 15) is 4.39 Å². The van der Waals surface area contributed by atoms with Crippen LogP contribution in [0.5, 0.6) is 0 Å². The second-order valence-corrected chi connectivity index (χ2v) is 7.80. The van der Waals surface area contributed by atoms with Crippen molar-refractivity contribution in [1.29, 1.82) is 0 Å². The van der Waals surface area contributed by atoms with Crippen LogP contribution in [0, 0.1) is 5.82 Å². The van der Waals surface area contributed by atoms with Gasteiger partial charge >= 0.3 is 0 Å². The molecule has 1 saturated heterocycles. The zero-order valence-electron chi connectivity index (χ0n) is 16.4. The van der Waals surface area contributed by atoms with E-state index in [0.717, 1.165) is 62.5 Å². The van der Waals surface area contributed by atoms with Crippen LogP contribution in [0.1, 0.15) is 31.0 Å². The Morgan fingerprint density at radius 3 is 2.64 bits per heavy atom. The smallest absolute Gasteiger partial charge is 0.158 e. The van der Waals surface area contributed by atoms with Gasteiger partial charge in [0.2, 0.25) is 0 Å². The van der Waals surface area contributed by atoms with E-state index in [4.69, 9.17) is 10.1 Å². The van der Waals surface area contributed by atoms with Crippen LogP contribution in [-0.4, -0.2) is 52.2 Å². The van der Waals surface area contributed by atoms with Gasteiger partial charge in [0.05, 0.1) is 5.69 Å². The van der Waals surface area contributed by atoms with Crippen molar-refractivity contribution >= 4 is 11.5 Å². The SMILES string of the molecule is CCN1CCN(c2c3c(nc4cc(-c5cccc(F)c5)nn24)CCCC3)CC1. The Hall–Kier alpha value is -2.47. The third-order valence-corrected chi connectivity index (χ3v) is 6.09. The van der Waals surface area contributed by atoms with Crippen molar-refractivity contribution in [3.8, 4) is 11.3 Å². The monoisotopic (exact) mass is 379 g/mol. The van der Waals surface area contributed by atoms with Gasteiger partial charge in [-0.2, -0.15) is 9.61 Å². The zero-order valence-corrected chi connectivity index (χ0v) is 16.4. The second kappa shape index (κ2) is 7.17. The lowest BCUT2D eigenvalue weighted by Crippen LogP contribution is -2.47. The highest BCUT2D eigenvalue weighted by atomic mass is 19.1. The van der Waals surface area contributed by atoms with Crippen LogP contribution in [0.4, 0.5) is 10.2 Å². The van der Waals surface area contributed by atoms with Gasteiger partial charge in [-0.25, -0.2) is 9.37 Å². The molecule has 3 heterocycles. The molecular weight excluding hydrogens is 353 g/mol. The van der Waals surface area contributed by atoms with Crippen LogP contribution in [0.3, 0.4) is 0 Å². The molecular formula is C22H26FN5. The summed E-state index contributed by atoms with van der Waals surface area (Å²) in [7, 11) is 0. The van der Waals surface area contributed by atoms with Gasteiger partial charge in [-0.1, -0.05) is 19.1 Å². The van der Waals surface area contributed by atoms with Gasteiger partial charge in [-0.05, 0) is 44.4 Å². The summed E-state index contributed by atoms with van der Waals surface area (Å²) in [4.78, 5) is 9.91. The maximum Gasteiger partial charge on any atom is 0.158 e. The number of anilines is 1. The first kappa shape index (κ1) is 17.6. The molecule has 1 aliphatic carbocycles. The Labute approximate surface area is 164 Å². The second-order valence-electron chi connectivity index (χ2n) is 7.80. The standard InChI is InChI=1S/C22H26FN5/c1-2-26-10-12-27(13-11-26)22-18-8-3-4-9-19(18)24-21-15-20(25-28(21)22)16-6-5-7-17(23)14-16/h5-7,14-15H,2-4,8-13H2,1H3. The summed E-state index contributed by atoms with van der Waals surface area (Å²) in [5.41, 5.74) is 5.02. The maximum atomic E-state index is 13.7. The normalized spacial score (nSPS) is 17.9. The van der Waals surface area contributed by atoms with E-state index < -0.39 is 0 Å². The number of likely N-dealkylation sites (N-methyl/N-ethyl adjacent to an activating group) is 1. The molecule has 0 unspecified atom stereocenters. The number of benzene rings is 1. The Kier molecular flexibility index (Phi) is 4.51. The number of fused-ring (bicyclic) bond motifs is 2. The lowest BCUT2D eigenvalue weighted by Gasteiger charge is -2.37. The largest absolute Gasteiger partial charge is 0.354 e. The number of piperazine rings is 1. The number of rotatable bonds is 3. The van der Waals surface area contributed by atoms with Gasteiger partial charge in [-0.15, -0.1) is 0 Å². The molecule has 0 atom stereocenters. The van der Waals surface area contributed by atoms with E-state index in [-0.39, 0.29) is 5.82 Å². The number of nitrogens with zero attached hydrogens (tertiary/aromatic N) is 5. The zero-order chi connectivity index (χ0) is 19.1. The fourth-order valence-corrected chi connectivity index (χ4v) is 4.52. The summed E-state index contributed by atoms with van der Waals surface area (Å²) < 4.78 is 15.7. The first-order chi connectivity index (χ1) is 13.7. The molecule has 0 N–H and O–H groups in total. The molecule has 0 saturated carbocycles.